The monoisotopic (exact) mass is 263 g/mol. The van der Waals surface area contributed by atoms with Gasteiger partial charge in [-0.15, -0.1) is 0 Å². The molecule has 0 spiro atoms. The molecule has 108 valence electrons. The van der Waals surface area contributed by atoms with Gasteiger partial charge in [0.1, 0.15) is 5.75 Å². The summed E-state index contributed by atoms with van der Waals surface area (Å²) in [5.74, 6) is 0.916. The van der Waals surface area contributed by atoms with Crippen LogP contribution in [-0.2, 0) is 0 Å². The summed E-state index contributed by atoms with van der Waals surface area (Å²) in [7, 11) is 1.71. The van der Waals surface area contributed by atoms with Crippen LogP contribution in [0, 0.1) is 5.41 Å². The van der Waals surface area contributed by atoms with Gasteiger partial charge >= 0.3 is 0 Å². The van der Waals surface area contributed by atoms with Crippen molar-refractivity contribution in [3.8, 4) is 5.75 Å². The van der Waals surface area contributed by atoms with E-state index in [0.29, 0.717) is 11.5 Å². The maximum atomic E-state index is 5.29. The van der Waals surface area contributed by atoms with Crippen LogP contribution >= 0.6 is 0 Å². The Labute approximate surface area is 118 Å². The van der Waals surface area contributed by atoms with Crippen molar-refractivity contribution in [1.82, 2.24) is 5.32 Å². The Kier molecular flexibility index (Phi) is 5.03. The summed E-state index contributed by atoms with van der Waals surface area (Å²) >= 11 is 0. The molecule has 0 amide bonds. The zero-order valence-electron chi connectivity index (χ0n) is 13.5. The van der Waals surface area contributed by atoms with Crippen molar-refractivity contribution in [2.45, 2.75) is 59.5 Å². The van der Waals surface area contributed by atoms with Crippen LogP contribution in [0.3, 0.4) is 0 Å². The fraction of sp³-hybridized carbons (Fsp3) is 0.647. The third-order valence-electron chi connectivity index (χ3n) is 3.17. The lowest BCUT2D eigenvalue weighted by molar-refractivity contribution is 0.226. The molecule has 0 saturated heterocycles. The lowest BCUT2D eigenvalue weighted by Crippen LogP contribution is -2.43. The predicted molar refractivity (Wildman–Crippen MR) is 82.7 cm³/mol. The Morgan fingerprint density at radius 2 is 1.79 bits per heavy atom. The molecule has 1 rings (SSSR count). The molecule has 0 fully saturated rings. The molecule has 0 saturated carbocycles. The Bertz CT molecular complexity index is 404. The topological polar surface area (TPSA) is 21.3 Å². The van der Waals surface area contributed by atoms with E-state index in [-0.39, 0.29) is 5.54 Å². The second-order valence-corrected chi connectivity index (χ2v) is 7.26. The van der Waals surface area contributed by atoms with Crippen LogP contribution < -0.4 is 10.1 Å². The molecule has 0 bridgehead atoms. The number of hydrogen-bond acceptors (Lipinski definition) is 2. The van der Waals surface area contributed by atoms with E-state index >= 15 is 0 Å². The molecule has 1 aromatic carbocycles. The summed E-state index contributed by atoms with van der Waals surface area (Å²) in [5, 5.41) is 3.72. The third-order valence-corrected chi connectivity index (χ3v) is 3.17. The first-order chi connectivity index (χ1) is 8.63. The largest absolute Gasteiger partial charge is 0.497 e. The van der Waals surface area contributed by atoms with E-state index < -0.39 is 0 Å². The molecular formula is C17H29NO. The molecule has 1 atom stereocenters. The zero-order valence-corrected chi connectivity index (χ0v) is 13.5. The fourth-order valence-corrected chi connectivity index (χ4v) is 2.96. The first-order valence-corrected chi connectivity index (χ1v) is 7.05. The van der Waals surface area contributed by atoms with Crippen molar-refractivity contribution >= 4 is 0 Å². The molecule has 0 radical (unpaired) electrons. The highest BCUT2D eigenvalue weighted by molar-refractivity contribution is 5.30. The van der Waals surface area contributed by atoms with Crippen LogP contribution in [0.25, 0.3) is 0 Å². The van der Waals surface area contributed by atoms with E-state index in [1.54, 1.807) is 7.11 Å². The highest BCUT2D eigenvalue weighted by Crippen LogP contribution is 2.29. The maximum Gasteiger partial charge on any atom is 0.119 e. The van der Waals surface area contributed by atoms with Gasteiger partial charge in [-0.2, -0.15) is 0 Å². The van der Waals surface area contributed by atoms with Gasteiger partial charge in [0.25, 0.3) is 0 Å². The SMILES string of the molecule is COc1cccc(C(C)NC(C)(C)CC(C)(C)C)c1. The van der Waals surface area contributed by atoms with Crippen molar-refractivity contribution < 1.29 is 4.74 Å². The van der Waals surface area contributed by atoms with Gasteiger partial charge in [0, 0.05) is 11.6 Å². The van der Waals surface area contributed by atoms with Gasteiger partial charge in [-0.3, -0.25) is 0 Å². The quantitative estimate of drug-likeness (QED) is 0.840. The summed E-state index contributed by atoms with van der Waals surface area (Å²) in [6, 6.07) is 8.59. The first-order valence-electron chi connectivity index (χ1n) is 7.05. The number of ether oxygens (including phenoxy) is 1. The van der Waals surface area contributed by atoms with Crippen LogP contribution in [-0.4, -0.2) is 12.6 Å². The maximum absolute atomic E-state index is 5.29. The lowest BCUT2D eigenvalue weighted by atomic mass is 9.81. The highest BCUT2D eigenvalue weighted by Gasteiger charge is 2.26. The number of nitrogens with one attached hydrogen (secondary N) is 1. The van der Waals surface area contributed by atoms with Crippen molar-refractivity contribution in [1.29, 1.82) is 0 Å². The molecule has 0 aliphatic carbocycles. The first kappa shape index (κ1) is 16.0. The zero-order chi connectivity index (χ0) is 14.7. The third kappa shape index (κ3) is 5.65. The van der Waals surface area contributed by atoms with E-state index in [1.807, 2.05) is 12.1 Å². The van der Waals surface area contributed by atoms with Crippen LogP contribution in [0.4, 0.5) is 0 Å². The molecule has 1 unspecified atom stereocenters. The summed E-state index contributed by atoms with van der Waals surface area (Å²) in [4.78, 5) is 0. The number of methoxy groups -OCH3 is 1. The summed E-state index contributed by atoms with van der Waals surface area (Å²) in [5.41, 5.74) is 1.70. The van der Waals surface area contributed by atoms with Gasteiger partial charge in [0.2, 0.25) is 0 Å². The highest BCUT2D eigenvalue weighted by atomic mass is 16.5. The number of benzene rings is 1. The molecule has 1 N–H and O–H groups in total. The fourth-order valence-electron chi connectivity index (χ4n) is 2.96. The van der Waals surface area contributed by atoms with E-state index in [1.165, 1.54) is 5.56 Å². The van der Waals surface area contributed by atoms with Gasteiger partial charge in [-0.1, -0.05) is 32.9 Å². The minimum Gasteiger partial charge on any atom is -0.497 e. The summed E-state index contributed by atoms with van der Waals surface area (Å²) in [6.45, 7) is 13.6. The van der Waals surface area contributed by atoms with E-state index in [9.17, 15) is 0 Å². The molecular weight excluding hydrogens is 234 g/mol. The Morgan fingerprint density at radius 3 is 2.32 bits per heavy atom. The van der Waals surface area contributed by atoms with Crippen LogP contribution in [0.15, 0.2) is 24.3 Å². The molecule has 19 heavy (non-hydrogen) atoms. The van der Waals surface area contributed by atoms with Crippen molar-refractivity contribution in [3.05, 3.63) is 29.8 Å². The predicted octanol–water partition coefficient (Wildman–Crippen LogP) is 4.56. The molecule has 2 heteroatoms. The second-order valence-electron chi connectivity index (χ2n) is 7.26. The average molecular weight is 263 g/mol. The normalized spacial score (nSPS) is 14.3. The lowest BCUT2D eigenvalue weighted by Gasteiger charge is -2.36. The molecule has 0 heterocycles. The minimum atomic E-state index is 0.112. The molecule has 1 aromatic rings. The van der Waals surface area contributed by atoms with Crippen molar-refractivity contribution in [2.75, 3.05) is 7.11 Å². The molecule has 0 aromatic heterocycles. The molecule has 2 nitrogen and oxygen atoms in total. The van der Waals surface area contributed by atoms with Gasteiger partial charge < -0.3 is 10.1 Å². The van der Waals surface area contributed by atoms with E-state index in [0.717, 1.165) is 12.2 Å². The Morgan fingerprint density at radius 1 is 1.16 bits per heavy atom. The number of rotatable bonds is 5. The minimum absolute atomic E-state index is 0.112. The molecule has 0 aliphatic heterocycles. The Hall–Kier alpha value is -1.02. The number of hydrogen-bond donors (Lipinski definition) is 1. The smallest absolute Gasteiger partial charge is 0.119 e. The van der Waals surface area contributed by atoms with Crippen LogP contribution in [0.5, 0.6) is 5.75 Å². The Balaban J connectivity index is 2.75. The summed E-state index contributed by atoms with van der Waals surface area (Å²) < 4.78 is 5.29. The van der Waals surface area contributed by atoms with Gasteiger partial charge in [-0.05, 0) is 50.3 Å². The van der Waals surface area contributed by atoms with Gasteiger partial charge in [0.15, 0.2) is 0 Å². The standard InChI is InChI=1S/C17H29NO/c1-13(14-9-8-10-15(11-14)19-7)18-17(5,6)12-16(2,3)4/h8-11,13,18H,12H2,1-7H3. The van der Waals surface area contributed by atoms with Gasteiger partial charge in [0.05, 0.1) is 7.11 Å². The molecule has 0 aliphatic rings. The van der Waals surface area contributed by atoms with Gasteiger partial charge in [-0.25, -0.2) is 0 Å². The van der Waals surface area contributed by atoms with Crippen LogP contribution in [0.2, 0.25) is 0 Å². The van der Waals surface area contributed by atoms with E-state index in [4.69, 9.17) is 4.74 Å². The van der Waals surface area contributed by atoms with Crippen molar-refractivity contribution in [3.63, 3.8) is 0 Å². The van der Waals surface area contributed by atoms with Crippen LogP contribution in [0.1, 0.15) is 59.6 Å². The van der Waals surface area contributed by atoms with Crippen molar-refractivity contribution in [2.24, 2.45) is 5.41 Å². The van der Waals surface area contributed by atoms with E-state index in [2.05, 4.69) is 59.0 Å². The average Bonchev–Trinajstić information content (AvgIpc) is 2.25. The second kappa shape index (κ2) is 5.96. The summed E-state index contributed by atoms with van der Waals surface area (Å²) in [6.07, 6.45) is 1.13.